The highest BCUT2D eigenvalue weighted by Gasteiger charge is 2.38. The lowest BCUT2D eigenvalue weighted by molar-refractivity contribution is -0.123. The second-order valence-electron chi connectivity index (χ2n) is 9.70. The number of thioether (sulfide) groups is 1. The predicted octanol–water partition coefficient (Wildman–Crippen LogP) is 6.58. The normalized spacial score (nSPS) is 14.9. The van der Waals surface area contributed by atoms with E-state index in [1.165, 1.54) is 11.8 Å². The lowest BCUT2D eigenvalue weighted by Gasteiger charge is -2.23. The number of rotatable bonds is 7. The molecule has 1 aliphatic rings. The van der Waals surface area contributed by atoms with Crippen LogP contribution in [0.15, 0.2) is 102 Å². The summed E-state index contributed by atoms with van der Waals surface area (Å²) in [6, 6.07) is 29.0. The number of para-hydroxylation sites is 1. The van der Waals surface area contributed by atoms with Gasteiger partial charge in [-0.25, -0.2) is 4.68 Å². The van der Waals surface area contributed by atoms with Gasteiger partial charge in [-0.05, 0) is 42.3 Å². The number of fused-ring (bicyclic) bond motifs is 1. The summed E-state index contributed by atoms with van der Waals surface area (Å²) in [5.41, 5.74) is 5.17. The van der Waals surface area contributed by atoms with Crippen molar-refractivity contribution in [2.75, 3.05) is 17.2 Å². The van der Waals surface area contributed by atoms with E-state index >= 15 is 0 Å². The van der Waals surface area contributed by atoms with Gasteiger partial charge >= 0.3 is 0 Å². The van der Waals surface area contributed by atoms with E-state index in [-0.39, 0.29) is 35.9 Å². The molecule has 5 aromatic rings. The number of hydrogen-bond acceptors (Lipinski definition) is 5. The molecular formula is C32H27ClN4O3S. The first-order valence-electron chi connectivity index (χ1n) is 13.2. The van der Waals surface area contributed by atoms with Crippen molar-refractivity contribution in [2.24, 2.45) is 0 Å². The van der Waals surface area contributed by atoms with E-state index in [2.05, 4.69) is 5.32 Å². The molecule has 6 rings (SSSR count). The highest BCUT2D eigenvalue weighted by atomic mass is 35.5. The van der Waals surface area contributed by atoms with Gasteiger partial charge in [0.2, 0.25) is 11.8 Å². The minimum atomic E-state index is -0.305. The number of aromatic nitrogens is 2. The standard InChI is InChI=1S/C32H27ClN4O3S/c1-21-10-5-8-16-26(21)37-32-29(30(35-37)22-11-3-2-4-12-22)31(24-14-6-7-15-25(24)33)41-20-28(39)36(32)19-27(38)34-18-23-13-9-17-40-23/h2-17,31H,18-20H2,1H3,(H,34,38). The molecular weight excluding hydrogens is 556 g/mol. The van der Waals surface area contributed by atoms with E-state index in [1.54, 1.807) is 28.0 Å². The lowest BCUT2D eigenvalue weighted by atomic mass is 9.99. The van der Waals surface area contributed by atoms with Gasteiger partial charge in [-0.3, -0.25) is 14.5 Å². The van der Waals surface area contributed by atoms with Crippen LogP contribution in [0.3, 0.4) is 0 Å². The first-order valence-corrected chi connectivity index (χ1v) is 14.6. The second kappa shape index (κ2) is 11.7. The monoisotopic (exact) mass is 582 g/mol. The minimum absolute atomic E-state index is 0.165. The van der Waals surface area contributed by atoms with Crippen LogP contribution in [0.5, 0.6) is 0 Å². The van der Waals surface area contributed by atoms with E-state index in [0.717, 1.165) is 33.6 Å². The third-order valence-electron chi connectivity index (χ3n) is 7.01. The van der Waals surface area contributed by atoms with Crippen molar-refractivity contribution in [2.45, 2.75) is 18.7 Å². The predicted molar refractivity (Wildman–Crippen MR) is 162 cm³/mol. The van der Waals surface area contributed by atoms with E-state index in [9.17, 15) is 9.59 Å². The highest BCUT2D eigenvalue weighted by Crippen LogP contribution is 2.50. The van der Waals surface area contributed by atoms with Gasteiger partial charge in [0.1, 0.15) is 18.1 Å². The summed E-state index contributed by atoms with van der Waals surface area (Å²) in [6.45, 7) is 2.06. The van der Waals surface area contributed by atoms with Crippen LogP contribution >= 0.6 is 23.4 Å². The number of nitrogens with zero attached hydrogens (tertiary/aromatic N) is 3. The van der Waals surface area contributed by atoms with Crippen LogP contribution in [0.2, 0.25) is 5.02 Å². The number of carbonyl (C=O) groups excluding carboxylic acids is 2. The van der Waals surface area contributed by atoms with Gasteiger partial charge in [0.05, 0.1) is 35.2 Å². The molecule has 3 aromatic carbocycles. The quantitative estimate of drug-likeness (QED) is 0.234. The number of carbonyl (C=O) groups is 2. The molecule has 0 saturated carbocycles. The fourth-order valence-electron chi connectivity index (χ4n) is 5.03. The van der Waals surface area contributed by atoms with Crippen LogP contribution in [0.1, 0.15) is 27.7 Å². The molecule has 0 bridgehead atoms. The molecule has 1 aliphatic heterocycles. The van der Waals surface area contributed by atoms with Crippen LogP contribution in [-0.4, -0.2) is 33.9 Å². The number of furan rings is 1. The molecule has 0 fully saturated rings. The summed E-state index contributed by atoms with van der Waals surface area (Å²) in [5, 5.41) is 8.33. The summed E-state index contributed by atoms with van der Waals surface area (Å²) in [7, 11) is 0. The maximum atomic E-state index is 13.9. The van der Waals surface area contributed by atoms with Gasteiger partial charge in [0, 0.05) is 16.1 Å². The maximum absolute atomic E-state index is 13.9. The van der Waals surface area contributed by atoms with Crippen molar-refractivity contribution in [1.82, 2.24) is 15.1 Å². The van der Waals surface area contributed by atoms with Crippen LogP contribution in [0.25, 0.3) is 16.9 Å². The van der Waals surface area contributed by atoms with Crippen LogP contribution in [0.4, 0.5) is 5.82 Å². The molecule has 0 radical (unpaired) electrons. The van der Waals surface area contributed by atoms with E-state index in [1.807, 2.05) is 85.8 Å². The summed E-state index contributed by atoms with van der Waals surface area (Å²) in [6.07, 6.45) is 1.56. The van der Waals surface area contributed by atoms with Gasteiger partial charge in [-0.2, -0.15) is 5.10 Å². The highest BCUT2D eigenvalue weighted by molar-refractivity contribution is 8.00. The Bertz CT molecular complexity index is 1700. The van der Waals surface area contributed by atoms with E-state index in [4.69, 9.17) is 21.1 Å². The molecule has 9 heteroatoms. The SMILES string of the molecule is Cc1ccccc1-n1nc(-c2ccccc2)c2c1N(CC(=O)NCc1ccco1)C(=O)CSC2c1ccccc1Cl. The molecule has 3 heterocycles. The zero-order valence-corrected chi connectivity index (χ0v) is 23.9. The van der Waals surface area contributed by atoms with Gasteiger partial charge < -0.3 is 9.73 Å². The van der Waals surface area contributed by atoms with Crippen molar-refractivity contribution in [3.05, 3.63) is 125 Å². The van der Waals surface area contributed by atoms with Crippen LogP contribution < -0.4 is 10.2 Å². The number of benzene rings is 3. The van der Waals surface area contributed by atoms with E-state index < -0.39 is 0 Å². The number of amides is 2. The average molecular weight is 583 g/mol. The maximum Gasteiger partial charge on any atom is 0.240 e. The Labute approximate surface area is 247 Å². The average Bonchev–Trinajstić information content (AvgIpc) is 3.62. The molecule has 7 nitrogen and oxygen atoms in total. The molecule has 1 atom stereocenters. The molecule has 0 spiro atoms. The minimum Gasteiger partial charge on any atom is -0.467 e. The Morgan fingerprint density at radius 1 is 1.02 bits per heavy atom. The first kappa shape index (κ1) is 26.9. The van der Waals surface area contributed by atoms with Crippen molar-refractivity contribution >= 4 is 41.0 Å². The first-order chi connectivity index (χ1) is 20.0. The van der Waals surface area contributed by atoms with Gasteiger partial charge in [-0.1, -0.05) is 78.3 Å². The Hall–Kier alpha value is -4.27. The van der Waals surface area contributed by atoms with Crippen molar-refractivity contribution in [3.8, 4) is 16.9 Å². The fraction of sp³-hybridized carbons (Fsp3) is 0.156. The second-order valence-corrected chi connectivity index (χ2v) is 11.2. The molecule has 1 N–H and O–H groups in total. The zero-order valence-electron chi connectivity index (χ0n) is 22.3. The number of hydrogen-bond donors (Lipinski definition) is 1. The van der Waals surface area contributed by atoms with Gasteiger partial charge in [0.25, 0.3) is 0 Å². The summed E-state index contributed by atoms with van der Waals surface area (Å²) >= 11 is 8.25. The van der Waals surface area contributed by atoms with Gasteiger partial charge in [-0.15, -0.1) is 11.8 Å². The third kappa shape index (κ3) is 5.40. The molecule has 206 valence electrons. The zero-order chi connectivity index (χ0) is 28.3. The summed E-state index contributed by atoms with van der Waals surface area (Å²) in [5.74, 6) is 0.866. The molecule has 1 unspecified atom stereocenters. The van der Waals surface area contributed by atoms with Gasteiger partial charge in [0.15, 0.2) is 0 Å². The Balaban J connectivity index is 1.56. The van der Waals surface area contributed by atoms with Crippen molar-refractivity contribution < 1.29 is 14.0 Å². The van der Waals surface area contributed by atoms with E-state index in [0.29, 0.717) is 16.6 Å². The summed E-state index contributed by atoms with van der Waals surface area (Å²) < 4.78 is 7.17. The Kier molecular flexibility index (Phi) is 7.67. The molecule has 2 amide bonds. The largest absolute Gasteiger partial charge is 0.467 e. The van der Waals surface area contributed by atoms with Crippen LogP contribution in [0, 0.1) is 6.92 Å². The number of halogens is 1. The number of anilines is 1. The smallest absolute Gasteiger partial charge is 0.240 e. The van der Waals surface area contributed by atoms with Crippen molar-refractivity contribution in [3.63, 3.8) is 0 Å². The molecule has 0 aliphatic carbocycles. The molecule has 2 aromatic heterocycles. The van der Waals surface area contributed by atoms with Crippen molar-refractivity contribution in [1.29, 1.82) is 0 Å². The molecule has 41 heavy (non-hydrogen) atoms. The molecule has 0 saturated heterocycles. The Morgan fingerprint density at radius 3 is 2.54 bits per heavy atom. The number of nitrogens with one attached hydrogen (secondary N) is 1. The number of aryl methyl sites for hydroxylation is 1. The topological polar surface area (TPSA) is 80.4 Å². The summed E-state index contributed by atoms with van der Waals surface area (Å²) in [4.78, 5) is 28.7. The third-order valence-corrected chi connectivity index (χ3v) is 8.59. The lowest BCUT2D eigenvalue weighted by Crippen LogP contribution is -2.42. The van der Waals surface area contributed by atoms with Crippen LogP contribution in [-0.2, 0) is 16.1 Å². The Morgan fingerprint density at radius 2 is 1.78 bits per heavy atom. The fourth-order valence-corrected chi connectivity index (χ4v) is 6.57.